The Morgan fingerprint density at radius 1 is 1.02 bits per heavy atom. The van der Waals surface area contributed by atoms with Crippen LogP contribution in [0.3, 0.4) is 0 Å². The molecule has 9 nitrogen and oxygen atoms in total. The maximum absolute atomic E-state index is 13.4. The van der Waals surface area contributed by atoms with E-state index in [4.69, 9.17) is 9.88 Å². The minimum atomic E-state index is -3.78. The number of rotatable bonds is 9. The summed E-state index contributed by atoms with van der Waals surface area (Å²) in [5, 5.41) is 5.21. The minimum absolute atomic E-state index is 0.0124. The number of benzene rings is 2. The van der Waals surface area contributed by atoms with E-state index in [2.05, 4.69) is 28.5 Å². The molecule has 230 valence electrons. The van der Waals surface area contributed by atoms with Crippen LogP contribution in [0.1, 0.15) is 49.7 Å². The van der Waals surface area contributed by atoms with Crippen LogP contribution in [-0.4, -0.2) is 79.9 Å². The molecule has 3 atom stereocenters. The molecular formula is C33H42N4O5S. The Labute approximate surface area is 254 Å². The number of nitrogens with two attached hydrogens (primary N) is 1. The maximum atomic E-state index is 13.4. The van der Waals surface area contributed by atoms with Crippen LogP contribution >= 0.6 is 0 Å². The van der Waals surface area contributed by atoms with Crippen LogP contribution in [0, 0.1) is 11.8 Å². The number of primary sulfonamides is 1. The smallest absolute Gasteiger partial charge is 0.238 e. The van der Waals surface area contributed by atoms with Gasteiger partial charge in [-0.25, -0.2) is 13.6 Å². The third kappa shape index (κ3) is 5.90. The van der Waals surface area contributed by atoms with Crippen molar-refractivity contribution in [2.45, 2.75) is 67.7 Å². The molecule has 2 aromatic rings. The first kappa shape index (κ1) is 30.0. The number of piperidine rings is 1. The highest BCUT2D eigenvalue weighted by Crippen LogP contribution is 2.54. The van der Waals surface area contributed by atoms with Gasteiger partial charge < -0.3 is 14.5 Å². The topological polar surface area (TPSA) is 113 Å². The Bertz CT molecular complexity index is 1440. The highest BCUT2D eigenvalue weighted by Gasteiger charge is 2.64. The third-order valence-corrected chi connectivity index (χ3v) is 10.9. The number of ether oxygens (including phenoxy) is 1. The van der Waals surface area contributed by atoms with Gasteiger partial charge >= 0.3 is 0 Å². The van der Waals surface area contributed by atoms with Crippen molar-refractivity contribution in [2.75, 3.05) is 32.7 Å². The van der Waals surface area contributed by atoms with Gasteiger partial charge in [-0.15, -0.1) is 6.58 Å². The lowest BCUT2D eigenvalue weighted by atomic mass is 9.76. The molecule has 0 aromatic heterocycles. The lowest BCUT2D eigenvalue weighted by Crippen LogP contribution is -2.65. The monoisotopic (exact) mass is 606 g/mol. The van der Waals surface area contributed by atoms with Gasteiger partial charge in [-0.1, -0.05) is 61.4 Å². The maximum Gasteiger partial charge on any atom is 0.238 e. The Kier molecular flexibility index (Phi) is 8.48. The molecule has 2 amide bonds. The van der Waals surface area contributed by atoms with Crippen LogP contribution in [-0.2, 0) is 36.4 Å². The number of carbonyl (C=O) groups excluding carboxylic acids is 2. The van der Waals surface area contributed by atoms with E-state index in [9.17, 15) is 18.0 Å². The van der Waals surface area contributed by atoms with Gasteiger partial charge in [0.1, 0.15) is 11.8 Å². The van der Waals surface area contributed by atoms with Crippen molar-refractivity contribution < 1.29 is 22.7 Å². The van der Waals surface area contributed by atoms with Crippen molar-refractivity contribution in [3.63, 3.8) is 0 Å². The fraction of sp³-hybridized carbons (Fsp3) is 0.515. The van der Waals surface area contributed by atoms with E-state index in [0.717, 1.165) is 69.3 Å². The van der Waals surface area contributed by atoms with Crippen molar-refractivity contribution in [3.05, 3.63) is 78.4 Å². The van der Waals surface area contributed by atoms with Crippen LogP contribution < -0.4 is 5.14 Å². The summed E-state index contributed by atoms with van der Waals surface area (Å²) in [7, 11) is -3.78. The lowest BCUT2D eigenvalue weighted by Gasteiger charge is -2.55. The highest BCUT2D eigenvalue weighted by molar-refractivity contribution is 7.89. The fourth-order valence-electron chi connectivity index (χ4n) is 7.66. The molecule has 3 aliphatic heterocycles. The number of fused-ring (bicyclic) bond motifs is 1. The van der Waals surface area contributed by atoms with Crippen LogP contribution in [0.15, 0.2) is 72.1 Å². The quantitative estimate of drug-likeness (QED) is 0.439. The average molecular weight is 607 g/mol. The van der Waals surface area contributed by atoms with Crippen molar-refractivity contribution in [1.29, 1.82) is 0 Å². The molecule has 10 heteroatoms. The summed E-state index contributed by atoms with van der Waals surface area (Å²) in [6, 6.07) is 16.6. The van der Waals surface area contributed by atoms with E-state index in [0.29, 0.717) is 19.0 Å². The van der Waals surface area contributed by atoms with Crippen LogP contribution in [0.2, 0.25) is 0 Å². The molecule has 1 aliphatic carbocycles. The van der Waals surface area contributed by atoms with Gasteiger partial charge in [0.25, 0.3) is 0 Å². The Morgan fingerprint density at radius 2 is 1.70 bits per heavy atom. The Morgan fingerprint density at radius 3 is 2.33 bits per heavy atom. The van der Waals surface area contributed by atoms with Gasteiger partial charge in [-0.2, -0.15) is 0 Å². The number of hydrogen-bond acceptors (Lipinski definition) is 6. The molecule has 0 bridgehead atoms. The number of hydrogen-bond donors (Lipinski definition) is 1. The predicted octanol–water partition coefficient (Wildman–Crippen LogP) is 3.26. The molecule has 3 heterocycles. The molecule has 4 fully saturated rings. The molecule has 2 aromatic carbocycles. The molecule has 1 saturated carbocycles. The average Bonchev–Trinajstić information content (AvgIpc) is 3.64. The van der Waals surface area contributed by atoms with Crippen molar-refractivity contribution in [3.8, 4) is 0 Å². The van der Waals surface area contributed by atoms with Gasteiger partial charge in [0, 0.05) is 38.1 Å². The molecular weight excluding hydrogens is 564 g/mol. The summed E-state index contributed by atoms with van der Waals surface area (Å²) in [5.41, 5.74) is 1.43. The van der Waals surface area contributed by atoms with E-state index in [1.807, 2.05) is 23.1 Å². The van der Waals surface area contributed by atoms with Crippen molar-refractivity contribution in [1.82, 2.24) is 14.7 Å². The Balaban J connectivity index is 1.10. The Hall–Kier alpha value is -3.05. The molecule has 2 N–H and O–H groups in total. The molecule has 3 saturated heterocycles. The van der Waals surface area contributed by atoms with Crippen molar-refractivity contribution in [2.24, 2.45) is 17.0 Å². The van der Waals surface area contributed by atoms with Crippen LogP contribution in [0.5, 0.6) is 0 Å². The molecule has 6 rings (SSSR count). The zero-order chi connectivity index (χ0) is 30.2. The first-order valence-electron chi connectivity index (χ1n) is 15.5. The lowest BCUT2D eigenvalue weighted by molar-refractivity contribution is -0.300. The summed E-state index contributed by atoms with van der Waals surface area (Å²) >= 11 is 0. The summed E-state index contributed by atoms with van der Waals surface area (Å²) in [5.74, 6) is 0.644. The largest absolute Gasteiger partial charge is 0.349 e. The molecule has 0 spiro atoms. The van der Waals surface area contributed by atoms with Gasteiger partial charge in [0.2, 0.25) is 21.8 Å². The molecule has 0 radical (unpaired) electrons. The van der Waals surface area contributed by atoms with Gasteiger partial charge in [0.15, 0.2) is 0 Å². The van der Waals surface area contributed by atoms with Crippen LogP contribution in [0.4, 0.5) is 0 Å². The summed E-state index contributed by atoms with van der Waals surface area (Å²) in [6.07, 6.45) is 7.79. The second kappa shape index (κ2) is 12.1. The molecule has 43 heavy (non-hydrogen) atoms. The van der Waals surface area contributed by atoms with E-state index in [1.165, 1.54) is 12.1 Å². The summed E-state index contributed by atoms with van der Waals surface area (Å²) in [4.78, 5) is 33.2. The third-order valence-electron chi connectivity index (χ3n) is 9.95. The normalized spacial score (nSPS) is 26.6. The zero-order valence-corrected chi connectivity index (χ0v) is 25.5. The number of sulfonamides is 1. The van der Waals surface area contributed by atoms with E-state index in [1.54, 1.807) is 18.2 Å². The summed E-state index contributed by atoms with van der Waals surface area (Å²) < 4.78 is 30.0. The van der Waals surface area contributed by atoms with Gasteiger partial charge in [0.05, 0.1) is 23.8 Å². The predicted molar refractivity (Wildman–Crippen MR) is 163 cm³/mol. The second-order valence-corrected chi connectivity index (χ2v) is 14.1. The standard InChI is InChI=1S/C33H42N4O5S/c1-2-18-37(30(38)21-24-12-14-28(15-13-24)43(34,40)41)27-16-19-35(20-17-27)32-29-22-36(31(39)25-8-6-7-9-25)23-33(29,42-32)26-10-4-3-5-11-26/h2-5,10-15,25,27,29,32H,1,6-9,16-23H2,(H2,34,40,41)/t29-,32?,33+/m1/s1. The van der Waals surface area contributed by atoms with Gasteiger partial charge in [-0.3, -0.25) is 14.5 Å². The minimum Gasteiger partial charge on any atom is -0.349 e. The zero-order valence-electron chi connectivity index (χ0n) is 24.6. The summed E-state index contributed by atoms with van der Waals surface area (Å²) in [6.45, 7) is 7.27. The van der Waals surface area contributed by atoms with Crippen LogP contribution in [0.25, 0.3) is 0 Å². The molecule has 1 unspecified atom stereocenters. The number of nitrogens with zero attached hydrogens (tertiary/aromatic N) is 3. The number of amides is 2. The SMILES string of the molecule is C=CCN(C(=O)Cc1ccc(S(N)(=O)=O)cc1)C1CCN(C2O[C@]3(c4ccccc4)CN(C(=O)C4CCCC4)C[C@H]23)CC1. The number of likely N-dealkylation sites (tertiary alicyclic amines) is 2. The fourth-order valence-corrected chi connectivity index (χ4v) is 8.18. The van der Waals surface area contributed by atoms with E-state index < -0.39 is 15.6 Å². The first-order chi connectivity index (χ1) is 20.7. The van der Waals surface area contributed by atoms with E-state index >= 15 is 0 Å². The number of carbonyl (C=O) groups is 2. The highest BCUT2D eigenvalue weighted by atomic mass is 32.2. The first-order valence-corrected chi connectivity index (χ1v) is 17.0. The molecule has 4 aliphatic rings. The van der Waals surface area contributed by atoms with Gasteiger partial charge in [-0.05, 0) is 48.9 Å². The van der Waals surface area contributed by atoms with Crippen molar-refractivity contribution >= 4 is 21.8 Å². The second-order valence-electron chi connectivity index (χ2n) is 12.5. The van der Waals surface area contributed by atoms with E-state index in [-0.39, 0.29) is 41.3 Å².